The van der Waals surface area contributed by atoms with E-state index in [9.17, 15) is 0 Å². The molecule has 0 spiro atoms. The fraction of sp³-hybridized carbons (Fsp3) is 0.846. The zero-order valence-corrected chi connectivity index (χ0v) is 10.5. The molecule has 3 nitrogen and oxygen atoms in total. The number of rotatable bonds is 4. The Morgan fingerprint density at radius 3 is 2.12 bits per heavy atom. The van der Waals surface area contributed by atoms with Gasteiger partial charge in [0.25, 0.3) is 0 Å². The Morgan fingerprint density at radius 2 is 1.56 bits per heavy atom. The molecule has 0 aromatic heterocycles. The van der Waals surface area contributed by atoms with Gasteiger partial charge in [-0.3, -0.25) is 9.80 Å². The second-order valence-corrected chi connectivity index (χ2v) is 4.96. The summed E-state index contributed by atoms with van der Waals surface area (Å²) in [4.78, 5) is 5.17. The van der Waals surface area contributed by atoms with Gasteiger partial charge in [-0.05, 0) is 38.4 Å². The Hall–Kier alpha value is -0.380. The molecular weight excluding hydrogens is 198 g/mol. The van der Waals surface area contributed by atoms with Gasteiger partial charge >= 0.3 is 0 Å². The van der Waals surface area contributed by atoms with Crippen molar-refractivity contribution in [2.45, 2.75) is 19.8 Å². The average molecular weight is 223 g/mol. The highest BCUT2D eigenvalue weighted by atomic mass is 15.2. The van der Waals surface area contributed by atoms with E-state index in [1.54, 1.807) is 5.57 Å². The lowest BCUT2D eigenvalue weighted by Gasteiger charge is -2.29. The second-order valence-electron chi connectivity index (χ2n) is 4.96. The van der Waals surface area contributed by atoms with Gasteiger partial charge in [-0.2, -0.15) is 0 Å². The van der Waals surface area contributed by atoms with Crippen LogP contribution in [-0.4, -0.2) is 62.2 Å². The first kappa shape index (κ1) is 12.1. The van der Waals surface area contributed by atoms with E-state index in [1.165, 1.54) is 52.1 Å². The molecule has 0 atom stereocenters. The minimum atomic E-state index is 1.15. The van der Waals surface area contributed by atoms with Crippen molar-refractivity contribution in [2.24, 2.45) is 0 Å². The standard InChI is InChI=1S/C13H25N3/c1-2-13(11-15-7-3-4-8-15)12-16-9-5-14-6-10-16/h2,14H,3-12H2,1H3/b13-2-. The third-order valence-corrected chi connectivity index (χ3v) is 3.67. The average Bonchev–Trinajstić information content (AvgIpc) is 2.82. The molecule has 2 heterocycles. The Labute approximate surface area is 99.5 Å². The van der Waals surface area contributed by atoms with Crippen LogP contribution in [-0.2, 0) is 0 Å². The monoisotopic (exact) mass is 223 g/mol. The highest BCUT2D eigenvalue weighted by Gasteiger charge is 2.15. The number of nitrogens with one attached hydrogen (secondary N) is 1. The van der Waals surface area contributed by atoms with Gasteiger partial charge in [0.1, 0.15) is 0 Å². The minimum Gasteiger partial charge on any atom is -0.314 e. The Bertz CT molecular complexity index is 225. The maximum Gasteiger partial charge on any atom is 0.0206 e. The summed E-state index contributed by atoms with van der Waals surface area (Å²) in [5, 5.41) is 3.41. The van der Waals surface area contributed by atoms with Crippen molar-refractivity contribution in [3.63, 3.8) is 0 Å². The fourth-order valence-electron chi connectivity index (χ4n) is 2.62. The van der Waals surface area contributed by atoms with Crippen LogP contribution in [0.1, 0.15) is 19.8 Å². The SMILES string of the molecule is C/C=C(/CN1CCCC1)CN1CCNCC1. The Kier molecular flexibility index (Phi) is 4.82. The first-order valence-corrected chi connectivity index (χ1v) is 6.68. The highest BCUT2D eigenvalue weighted by molar-refractivity contribution is 5.06. The van der Waals surface area contributed by atoms with Gasteiger partial charge in [-0.15, -0.1) is 0 Å². The van der Waals surface area contributed by atoms with E-state index in [2.05, 4.69) is 28.1 Å². The van der Waals surface area contributed by atoms with Crippen molar-refractivity contribution in [1.82, 2.24) is 15.1 Å². The van der Waals surface area contributed by atoms with E-state index in [0.29, 0.717) is 0 Å². The maximum atomic E-state index is 3.41. The topological polar surface area (TPSA) is 18.5 Å². The molecule has 16 heavy (non-hydrogen) atoms. The molecule has 0 unspecified atom stereocenters. The summed E-state index contributed by atoms with van der Waals surface area (Å²) in [7, 11) is 0. The van der Waals surface area contributed by atoms with Crippen LogP contribution in [0.2, 0.25) is 0 Å². The van der Waals surface area contributed by atoms with Crippen molar-refractivity contribution in [3.05, 3.63) is 11.6 Å². The van der Waals surface area contributed by atoms with Crippen molar-refractivity contribution in [2.75, 3.05) is 52.4 Å². The van der Waals surface area contributed by atoms with Crippen LogP contribution in [0.5, 0.6) is 0 Å². The summed E-state index contributed by atoms with van der Waals surface area (Å²) in [6.07, 6.45) is 5.11. The molecule has 0 bridgehead atoms. The van der Waals surface area contributed by atoms with Crippen LogP contribution >= 0.6 is 0 Å². The van der Waals surface area contributed by atoms with E-state index in [0.717, 1.165) is 13.1 Å². The smallest absolute Gasteiger partial charge is 0.0206 e. The largest absolute Gasteiger partial charge is 0.314 e. The normalized spacial score (nSPS) is 25.2. The van der Waals surface area contributed by atoms with Crippen LogP contribution in [0.25, 0.3) is 0 Å². The van der Waals surface area contributed by atoms with Gasteiger partial charge in [0, 0.05) is 39.3 Å². The molecule has 2 aliphatic rings. The number of hydrogen-bond acceptors (Lipinski definition) is 3. The van der Waals surface area contributed by atoms with E-state index in [1.807, 2.05) is 0 Å². The molecule has 0 radical (unpaired) electrons. The van der Waals surface area contributed by atoms with E-state index in [-0.39, 0.29) is 0 Å². The third-order valence-electron chi connectivity index (χ3n) is 3.67. The van der Waals surface area contributed by atoms with Crippen LogP contribution in [0.3, 0.4) is 0 Å². The van der Waals surface area contributed by atoms with E-state index >= 15 is 0 Å². The minimum absolute atomic E-state index is 1.15. The summed E-state index contributed by atoms with van der Waals surface area (Å²) in [5.41, 5.74) is 1.60. The molecule has 0 saturated carbocycles. The van der Waals surface area contributed by atoms with E-state index in [4.69, 9.17) is 0 Å². The summed E-state index contributed by atoms with van der Waals surface area (Å²) in [6.45, 7) is 11.9. The molecule has 92 valence electrons. The van der Waals surface area contributed by atoms with E-state index < -0.39 is 0 Å². The Balaban J connectivity index is 1.75. The lowest BCUT2D eigenvalue weighted by Crippen LogP contribution is -2.44. The predicted octanol–water partition coefficient (Wildman–Crippen LogP) is 0.934. The summed E-state index contributed by atoms with van der Waals surface area (Å²) >= 11 is 0. The summed E-state index contributed by atoms with van der Waals surface area (Å²) in [5.74, 6) is 0. The molecular formula is C13H25N3. The Morgan fingerprint density at radius 1 is 1.00 bits per heavy atom. The second kappa shape index (κ2) is 6.38. The molecule has 2 fully saturated rings. The number of hydrogen-bond donors (Lipinski definition) is 1. The van der Waals surface area contributed by atoms with Crippen LogP contribution < -0.4 is 5.32 Å². The molecule has 2 saturated heterocycles. The third kappa shape index (κ3) is 3.58. The van der Waals surface area contributed by atoms with Gasteiger partial charge in [0.2, 0.25) is 0 Å². The molecule has 2 aliphatic heterocycles. The fourth-order valence-corrected chi connectivity index (χ4v) is 2.62. The van der Waals surface area contributed by atoms with Crippen LogP contribution in [0.4, 0.5) is 0 Å². The van der Waals surface area contributed by atoms with Gasteiger partial charge in [-0.25, -0.2) is 0 Å². The number of allylic oxidation sites excluding steroid dienone is 1. The molecule has 2 rings (SSSR count). The van der Waals surface area contributed by atoms with Crippen molar-refractivity contribution < 1.29 is 0 Å². The van der Waals surface area contributed by atoms with Gasteiger partial charge in [-0.1, -0.05) is 6.08 Å². The lowest BCUT2D eigenvalue weighted by atomic mass is 10.2. The van der Waals surface area contributed by atoms with Gasteiger partial charge < -0.3 is 5.32 Å². The first-order valence-electron chi connectivity index (χ1n) is 6.68. The molecule has 0 aliphatic carbocycles. The molecule has 1 N–H and O–H groups in total. The van der Waals surface area contributed by atoms with Crippen molar-refractivity contribution in [1.29, 1.82) is 0 Å². The number of piperazine rings is 1. The summed E-state index contributed by atoms with van der Waals surface area (Å²) < 4.78 is 0. The predicted molar refractivity (Wildman–Crippen MR) is 68.7 cm³/mol. The molecule has 0 aromatic carbocycles. The lowest BCUT2D eigenvalue weighted by molar-refractivity contribution is 0.250. The zero-order valence-electron chi connectivity index (χ0n) is 10.5. The molecule has 3 heteroatoms. The number of likely N-dealkylation sites (tertiary alicyclic amines) is 1. The van der Waals surface area contributed by atoms with Crippen molar-refractivity contribution >= 4 is 0 Å². The molecule has 0 amide bonds. The quantitative estimate of drug-likeness (QED) is 0.716. The van der Waals surface area contributed by atoms with Crippen LogP contribution in [0, 0.1) is 0 Å². The van der Waals surface area contributed by atoms with Crippen LogP contribution in [0.15, 0.2) is 11.6 Å². The zero-order chi connectivity index (χ0) is 11.2. The number of nitrogens with zero attached hydrogens (tertiary/aromatic N) is 2. The highest BCUT2D eigenvalue weighted by Crippen LogP contribution is 2.11. The molecule has 0 aromatic rings. The summed E-state index contributed by atoms with van der Waals surface area (Å²) in [6, 6.07) is 0. The van der Waals surface area contributed by atoms with Crippen molar-refractivity contribution in [3.8, 4) is 0 Å². The maximum absolute atomic E-state index is 3.41. The van der Waals surface area contributed by atoms with Gasteiger partial charge in [0.05, 0.1) is 0 Å². The first-order chi connectivity index (χ1) is 7.88. The van der Waals surface area contributed by atoms with Gasteiger partial charge in [0.15, 0.2) is 0 Å².